The minimum Gasteiger partial charge on any atom is -0.312 e. The normalized spacial score (nSPS) is 14.6. The molecule has 0 unspecified atom stereocenters. The highest BCUT2D eigenvalue weighted by atomic mass is 15.3. The number of rotatable bonds is 2. The van der Waals surface area contributed by atoms with Crippen LogP contribution in [0.4, 0.5) is 0 Å². The highest BCUT2D eigenvalue weighted by Crippen LogP contribution is 2.21. The van der Waals surface area contributed by atoms with E-state index in [4.69, 9.17) is 0 Å². The van der Waals surface area contributed by atoms with Crippen LogP contribution < -0.4 is 5.32 Å². The van der Waals surface area contributed by atoms with Gasteiger partial charge in [-0.15, -0.1) is 0 Å². The molecule has 0 saturated carbocycles. The standard InChI is InChI=1S/C14H17N3/c1-2-11-5-3-4-6-13(11)17-14-7-8-15-9-12(14)10-16-17/h3-6,10,15H,2,7-9H2,1H3. The predicted molar refractivity (Wildman–Crippen MR) is 68.4 cm³/mol. The Morgan fingerprint density at radius 2 is 2.24 bits per heavy atom. The lowest BCUT2D eigenvalue weighted by atomic mass is 10.1. The molecule has 1 aromatic heterocycles. The molecule has 0 bridgehead atoms. The lowest BCUT2D eigenvalue weighted by molar-refractivity contribution is 0.622. The number of para-hydroxylation sites is 1. The van der Waals surface area contributed by atoms with Gasteiger partial charge in [0.25, 0.3) is 0 Å². The summed E-state index contributed by atoms with van der Waals surface area (Å²) >= 11 is 0. The number of fused-ring (bicyclic) bond motifs is 1. The van der Waals surface area contributed by atoms with Gasteiger partial charge in [0.15, 0.2) is 0 Å². The summed E-state index contributed by atoms with van der Waals surface area (Å²) in [6.07, 6.45) is 4.10. The predicted octanol–water partition coefficient (Wildman–Crippen LogP) is 2.08. The largest absolute Gasteiger partial charge is 0.312 e. The highest BCUT2D eigenvalue weighted by Gasteiger charge is 2.16. The first-order valence-corrected chi connectivity index (χ1v) is 6.25. The summed E-state index contributed by atoms with van der Waals surface area (Å²) in [6, 6.07) is 8.53. The van der Waals surface area contributed by atoms with Crippen LogP contribution in [-0.2, 0) is 19.4 Å². The lowest BCUT2D eigenvalue weighted by Crippen LogP contribution is -2.24. The van der Waals surface area contributed by atoms with Gasteiger partial charge in [0.05, 0.1) is 11.9 Å². The van der Waals surface area contributed by atoms with E-state index in [1.54, 1.807) is 0 Å². The number of aromatic nitrogens is 2. The minimum absolute atomic E-state index is 0.948. The van der Waals surface area contributed by atoms with Gasteiger partial charge in [-0.1, -0.05) is 25.1 Å². The van der Waals surface area contributed by atoms with Crippen LogP contribution in [0, 0.1) is 0 Å². The average molecular weight is 227 g/mol. The van der Waals surface area contributed by atoms with Crippen LogP contribution in [0.1, 0.15) is 23.7 Å². The van der Waals surface area contributed by atoms with E-state index in [0.717, 1.165) is 25.9 Å². The lowest BCUT2D eigenvalue weighted by Gasteiger charge is -2.16. The van der Waals surface area contributed by atoms with E-state index in [1.807, 2.05) is 6.20 Å². The van der Waals surface area contributed by atoms with E-state index < -0.39 is 0 Å². The van der Waals surface area contributed by atoms with E-state index in [1.165, 1.54) is 22.5 Å². The quantitative estimate of drug-likeness (QED) is 0.851. The molecule has 0 spiro atoms. The van der Waals surface area contributed by atoms with Gasteiger partial charge < -0.3 is 5.32 Å². The molecule has 1 aromatic carbocycles. The average Bonchev–Trinajstić information content (AvgIpc) is 2.82. The van der Waals surface area contributed by atoms with Crippen LogP contribution in [0.5, 0.6) is 0 Å². The van der Waals surface area contributed by atoms with Crippen LogP contribution in [0.3, 0.4) is 0 Å². The maximum atomic E-state index is 4.55. The van der Waals surface area contributed by atoms with Crippen molar-refractivity contribution < 1.29 is 0 Å². The highest BCUT2D eigenvalue weighted by molar-refractivity contribution is 5.43. The Morgan fingerprint density at radius 3 is 3.12 bits per heavy atom. The van der Waals surface area contributed by atoms with Crippen molar-refractivity contribution >= 4 is 0 Å². The number of benzene rings is 1. The summed E-state index contributed by atoms with van der Waals surface area (Å²) in [6.45, 7) is 4.19. The zero-order valence-electron chi connectivity index (χ0n) is 10.1. The molecular weight excluding hydrogens is 210 g/mol. The second-order valence-electron chi connectivity index (χ2n) is 4.44. The van der Waals surface area contributed by atoms with Crippen LogP contribution in [-0.4, -0.2) is 16.3 Å². The summed E-state index contributed by atoms with van der Waals surface area (Å²) < 4.78 is 2.12. The Hall–Kier alpha value is -1.61. The van der Waals surface area contributed by atoms with Crippen molar-refractivity contribution in [2.24, 2.45) is 0 Å². The first-order chi connectivity index (χ1) is 8.40. The fourth-order valence-electron chi connectivity index (χ4n) is 2.48. The van der Waals surface area contributed by atoms with Gasteiger partial charge in [0.2, 0.25) is 0 Å². The molecule has 17 heavy (non-hydrogen) atoms. The van der Waals surface area contributed by atoms with E-state index in [-0.39, 0.29) is 0 Å². The van der Waals surface area contributed by atoms with Crippen molar-refractivity contribution in [1.29, 1.82) is 0 Å². The second kappa shape index (κ2) is 4.34. The Labute approximate surface area is 101 Å². The summed E-state index contributed by atoms with van der Waals surface area (Å²) in [5, 5.41) is 7.93. The van der Waals surface area contributed by atoms with E-state index in [2.05, 4.69) is 46.3 Å². The third-order valence-corrected chi connectivity index (χ3v) is 3.41. The van der Waals surface area contributed by atoms with Crippen molar-refractivity contribution in [2.45, 2.75) is 26.3 Å². The number of nitrogens with one attached hydrogen (secondary N) is 1. The van der Waals surface area contributed by atoms with Crippen molar-refractivity contribution in [3.8, 4) is 5.69 Å². The number of nitrogens with zero attached hydrogens (tertiary/aromatic N) is 2. The molecule has 0 radical (unpaired) electrons. The molecule has 0 aliphatic carbocycles. The van der Waals surface area contributed by atoms with Gasteiger partial charge in [0.1, 0.15) is 0 Å². The zero-order valence-corrected chi connectivity index (χ0v) is 10.1. The minimum atomic E-state index is 0.948. The molecule has 3 nitrogen and oxygen atoms in total. The van der Waals surface area contributed by atoms with Crippen molar-refractivity contribution in [1.82, 2.24) is 15.1 Å². The van der Waals surface area contributed by atoms with Gasteiger partial charge >= 0.3 is 0 Å². The van der Waals surface area contributed by atoms with Crippen LogP contribution in [0.25, 0.3) is 5.69 Å². The second-order valence-corrected chi connectivity index (χ2v) is 4.44. The van der Waals surface area contributed by atoms with Crippen LogP contribution >= 0.6 is 0 Å². The molecule has 1 aliphatic heterocycles. The van der Waals surface area contributed by atoms with E-state index in [0.29, 0.717) is 0 Å². The van der Waals surface area contributed by atoms with Crippen LogP contribution in [0.2, 0.25) is 0 Å². The van der Waals surface area contributed by atoms with Gasteiger partial charge in [-0.3, -0.25) is 0 Å². The number of aryl methyl sites for hydroxylation is 1. The Balaban J connectivity index is 2.12. The van der Waals surface area contributed by atoms with Gasteiger partial charge in [-0.2, -0.15) is 5.10 Å². The van der Waals surface area contributed by atoms with Gasteiger partial charge in [0, 0.05) is 30.8 Å². The van der Waals surface area contributed by atoms with Crippen molar-refractivity contribution in [3.63, 3.8) is 0 Å². The molecule has 2 aromatic rings. The molecule has 0 saturated heterocycles. The third-order valence-electron chi connectivity index (χ3n) is 3.41. The molecule has 0 atom stereocenters. The monoisotopic (exact) mass is 227 g/mol. The first kappa shape index (κ1) is 10.5. The van der Waals surface area contributed by atoms with Crippen LogP contribution in [0.15, 0.2) is 30.5 Å². The first-order valence-electron chi connectivity index (χ1n) is 6.25. The molecule has 1 aliphatic rings. The van der Waals surface area contributed by atoms with Crippen molar-refractivity contribution in [3.05, 3.63) is 47.3 Å². The summed E-state index contributed by atoms with van der Waals surface area (Å²) in [4.78, 5) is 0. The molecule has 3 heteroatoms. The molecular formula is C14H17N3. The maximum absolute atomic E-state index is 4.55. The Kier molecular flexibility index (Phi) is 2.69. The number of hydrogen-bond donors (Lipinski definition) is 1. The maximum Gasteiger partial charge on any atom is 0.0680 e. The van der Waals surface area contributed by atoms with Crippen molar-refractivity contribution in [2.75, 3.05) is 6.54 Å². The smallest absolute Gasteiger partial charge is 0.0680 e. The number of hydrogen-bond acceptors (Lipinski definition) is 2. The fourth-order valence-corrected chi connectivity index (χ4v) is 2.48. The molecule has 1 N–H and O–H groups in total. The van der Waals surface area contributed by atoms with Gasteiger partial charge in [-0.25, -0.2) is 4.68 Å². The summed E-state index contributed by atoms with van der Waals surface area (Å²) in [7, 11) is 0. The molecule has 0 fully saturated rings. The zero-order chi connectivity index (χ0) is 11.7. The topological polar surface area (TPSA) is 29.9 Å². The summed E-state index contributed by atoms with van der Waals surface area (Å²) in [5.41, 5.74) is 5.29. The molecule has 3 rings (SSSR count). The Bertz CT molecular complexity index is 528. The van der Waals surface area contributed by atoms with E-state index >= 15 is 0 Å². The fraction of sp³-hybridized carbons (Fsp3) is 0.357. The SMILES string of the molecule is CCc1ccccc1-n1ncc2c1CCNC2. The third kappa shape index (κ3) is 1.76. The molecule has 2 heterocycles. The molecule has 88 valence electrons. The van der Waals surface area contributed by atoms with Gasteiger partial charge in [-0.05, 0) is 18.1 Å². The molecule has 0 amide bonds. The van der Waals surface area contributed by atoms with E-state index in [9.17, 15) is 0 Å². The summed E-state index contributed by atoms with van der Waals surface area (Å²) in [5.74, 6) is 0. The Morgan fingerprint density at radius 1 is 1.35 bits per heavy atom.